The largest absolute Gasteiger partial charge is 0.473 e. The Hall–Kier alpha value is -2.39. The van der Waals surface area contributed by atoms with Gasteiger partial charge in [0.1, 0.15) is 16.9 Å². The van der Waals surface area contributed by atoms with Crippen LogP contribution in [0.15, 0.2) is 24.4 Å². The Kier molecular flexibility index (Phi) is 5.96. The van der Waals surface area contributed by atoms with Crippen molar-refractivity contribution in [3.8, 4) is 5.88 Å². The van der Waals surface area contributed by atoms with Crippen LogP contribution in [0.1, 0.15) is 71.5 Å². The smallest absolute Gasteiger partial charge is 0.417 e. The first-order valence-electron chi connectivity index (χ1n) is 11.4. The van der Waals surface area contributed by atoms with E-state index in [2.05, 4.69) is 9.88 Å². The van der Waals surface area contributed by atoms with Crippen molar-refractivity contribution in [1.82, 2.24) is 9.88 Å². The van der Waals surface area contributed by atoms with Gasteiger partial charge in [-0.15, -0.1) is 0 Å². The van der Waals surface area contributed by atoms with E-state index in [1.54, 1.807) is 6.07 Å². The summed E-state index contributed by atoms with van der Waals surface area (Å²) in [4.78, 5) is 17.8. The lowest BCUT2D eigenvalue weighted by atomic mass is 9.95. The van der Waals surface area contributed by atoms with E-state index in [1.807, 2.05) is 0 Å². The second-order valence-corrected chi connectivity index (χ2v) is 9.85. The Labute approximate surface area is 199 Å². The fourth-order valence-corrected chi connectivity index (χ4v) is 5.54. The van der Waals surface area contributed by atoms with Crippen LogP contribution in [0.5, 0.6) is 5.88 Å². The summed E-state index contributed by atoms with van der Waals surface area (Å²) < 4.78 is 59.1. The van der Waals surface area contributed by atoms with Gasteiger partial charge in [-0.1, -0.05) is 11.6 Å². The molecule has 3 heterocycles. The minimum absolute atomic E-state index is 0.00708. The molecule has 0 spiro atoms. The number of hydrogen-bond acceptors (Lipinski definition) is 4. The van der Waals surface area contributed by atoms with Crippen molar-refractivity contribution >= 4 is 17.5 Å². The van der Waals surface area contributed by atoms with Gasteiger partial charge in [0.15, 0.2) is 0 Å². The van der Waals surface area contributed by atoms with Crippen molar-refractivity contribution < 1.29 is 27.1 Å². The number of nitrogens with two attached hydrogens (primary N) is 1. The zero-order valence-corrected chi connectivity index (χ0v) is 19.0. The van der Waals surface area contributed by atoms with Crippen molar-refractivity contribution in [3.63, 3.8) is 0 Å². The van der Waals surface area contributed by atoms with Gasteiger partial charge in [0.2, 0.25) is 5.88 Å². The third kappa shape index (κ3) is 4.60. The highest BCUT2D eigenvalue weighted by molar-refractivity contribution is 6.31. The quantitative estimate of drug-likeness (QED) is 0.539. The van der Waals surface area contributed by atoms with Crippen molar-refractivity contribution in [2.75, 3.05) is 0 Å². The molecule has 3 aliphatic rings. The van der Waals surface area contributed by atoms with E-state index in [0.717, 1.165) is 49.1 Å². The van der Waals surface area contributed by atoms with E-state index in [4.69, 9.17) is 22.1 Å². The number of pyridine rings is 1. The zero-order valence-electron chi connectivity index (χ0n) is 18.2. The molecule has 1 aromatic carbocycles. The normalized spacial score (nSPS) is 24.9. The summed E-state index contributed by atoms with van der Waals surface area (Å²) in [7, 11) is 0. The van der Waals surface area contributed by atoms with Crippen molar-refractivity contribution in [2.24, 2.45) is 5.73 Å². The molecule has 0 radical (unpaired) electrons. The second kappa shape index (κ2) is 8.68. The summed E-state index contributed by atoms with van der Waals surface area (Å²) in [5.41, 5.74) is 6.23. The van der Waals surface area contributed by atoms with Crippen LogP contribution >= 0.6 is 11.6 Å². The molecule has 3 fully saturated rings. The maximum absolute atomic E-state index is 14.5. The SMILES string of the molecule is NC(=O)c1cc(C2CC2)c(CN2[C@@H]3CC[C@H]2C[C@@H](Oc2ncc(C(F)(F)F)cc2Cl)C3)cc1F. The number of amides is 1. The molecule has 2 aromatic rings. The lowest BCUT2D eigenvalue weighted by molar-refractivity contribution is -0.137. The topological polar surface area (TPSA) is 68.5 Å². The summed E-state index contributed by atoms with van der Waals surface area (Å²) in [6.07, 6.45) is 1.29. The highest BCUT2D eigenvalue weighted by atomic mass is 35.5. The predicted molar refractivity (Wildman–Crippen MR) is 117 cm³/mol. The fraction of sp³-hybridized carbons (Fsp3) is 0.500. The zero-order chi connectivity index (χ0) is 24.2. The Bertz CT molecular complexity index is 1110. The summed E-state index contributed by atoms with van der Waals surface area (Å²) >= 11 is 6.02. The van der Waals surface area contributed by atoms with Gasteiger partial charge in [0.05, 0.1) is 11.1 Å². The van der Waals surface area contributed by atoms with Crippen molar-refractivity contribution in [3.05, 3.63) is 57.5 Å². The summed E-state index contributed by atoms with van der Waals surface area (Å²) in [6, 6.07) is 4.28. The number of nitrogens with zero attached hydrogens (tertiary/aromatic N) is 2. The number of carbonyl (C=O) groups excluding carboxylic acids is 1. The Balaban J connectivity index is 1.30. The molecule has 34 heavy (non-hydrogen) atoms. The lowest BCUT2D eigenvalue weighted by Gasteiger charge is -2.39. The number of carbonyl (C=O) groups is 1. The van der Waals surface area contributed by atoms with Gasteiger partial charge in [-0.25, -0.2) is 9.37 Å². The van der Waals surface area contributed by atoms with E-state index in [0.29, 0.717) is 25.3 Å². The van der Waals surface area contributed by atoms with Gasteiger partial charge in [-0.2, -0.15) is 13.2 Å². The first-order chi connectivity index (χ1) is 16.1. The molecule has 2 aliphatic heterocycles. The van der Waals surface area contributed by atoms with E-state index in [9.17, 15) is 22.4 Å². The number of primary amides is 1. The Morgan fingerprint density at radius 2 is 1.82 bits per heavy atom. The number of hydrogen-bond donors (Lipinski definition) is 1. The molecular weight excluding hydrogens is 474 g/mol. The van der Waals surface area contributed by atoms with Crippen LogP contribution in [-0.2, 0) is 12.7 Å². The van der Waals surface area contributed by atoms with Gasteiger partial charge >= 0.3 is 6.18 Å². The van der Waals surface area contributed by atoms with E-state index in [-0.39, 0.29) is 34.7 Å². The summed E-state index contributed by atoms with van der Waals surface area (Å²) in [5, 5.41) is -0.163. The molecule has 1 amide bonds. The van der Waals surface area contributed by atoms with Crippen molar-refractivity contribution in [2.45, 2.75) is 75.4 Å². The summed E-state index contributed by atoms with van der Waals surface area (Å²) in [6.45, 7) is 0.573. The molecule has 2 saturated heterocycles. The minimum atomic E-state index is -4.52. The van der Waals surface area contributed by atoms with Crippen molar-refractivity contribution in [1.29, 1.82) is 0 Å². The molecule has 5 nitrogen and oxygen atoms in total. The number of piperidine rings is 1. The maximum atomic E-state index is 14.5. The third-order valence-corrected chi connectivity index (χ3v) is 7.39. The molecule has 3 atom stereocenters. The number of alkyl halides is 3. The van der Waals surface area contributed by atoms with Gasteiger partial charge in [-0.3, -0.25) is 9.69 Å². The standard InChI is InChI=1S/C24H24ClF4N3O2/c25-20-6-14(24(27,28)29)10-31-23(20)34-17-7-15-3-4-16(8-17)32(15)11-13-5-21(26)19(22(30)33)9-18(13)12-1-2-12/h5-6,9-10,12,15-17H,1-4,7-8,11H2,(H2,30,33)/t15-,16+,17+. The van der Waals surface area contributed by atoms with E-state index >= 15 is 0 Å². The lowest BCUT2D eigenvalue weighted by Crippen LogP contribution is -2.46. The molecule has 1 saturated carbocycles. The highest BCUT2D eigenvalue weighted by Gasteiger charge is 2.42. The molecular formula is C24H24ClF4N3O2. The molecule has 10 heteroatoms. The first-order valence-corrected chi connectivity index (χ1v) is 11.7. The average Bonchev–Trinajstić information content (AvgIpc) is 3.56. The summed E-state index contributed by atoms with van der Waals surface area (Å²) in [5.74, 6) is -1.02. The predicted octanol–water partition coefficient (Wildman–Crippen LogP) is 5.44. The molecule has 2 N–H and O–H groups in total. The van der Waals surface area contributed by atoms with Crippen LogP contribution in [0.3, 0.4) is 0 Å². The number of halogens is 5. The Morgan fingerprint density at radius 1 is 1.15 bits per heavy atom. The third-order valence-electron chi connectivity index (χ3n) is 7.12. The minimum Gasteiger partial charge on any atom is -0.473 e. The van der Waals surface area contributed by atoms with Gasteiger partial charge in [-0.05, 0) is 73.8 Å². The monoisotopic (exact) mass is 497 g/mol. The first kappa shape index (κ1) is 23.4. The molecule has 1 aliphatic carbocycles. The molecule has 182 valence electrons. The number of benzene rings is 1. The number of rotatable bonds is 6. The highest BCUT2D eigenvalue weighted by Crippen LogP contribution is 2.45. The molecule has 0 unspecified atom stereocenters. The van der Waals surface area contributed by atoms with Crippen LogP contribution in [0.4, 0.5) is 17.6 Å². The van der Waals surface area contributed by atoms with E-state index < -0.39 is 23.5 Å². The average molecular weight is 498 g/mol. The Morgan fingerprint density at radius 3 is 2.38 bits per heavy atom. The van der Waals surface area contributed by atoms with Crippen LogP contribution in [0.2, 0.25) is 5.02 Å². The number of ether oxygens (including phenoxy) is 1. The number of fused-ring (bicyclic) bond motifs is 2. The van der Waals surface area contributed by atoms with Gasteiger partial charge in [0, 0.05) is 24.8 Å². The maximum Gasteiger partial charge on any atom is 0.417 e. The van der Waals surface area contributed by atoms with Crippen LogP contribution < -0.4 is 10.5 Å². The van der Waals surface area contributed by atoms with Crippen LogP contribution in [-0.4, -0.2) is 34.0 Å². The molecule has 5 rings (SSSR count). The molecule has 1 aromatic heterocycles. The van der Waals surface area contributed by atoms with E-state index in [1.165, 1.54) is 6.07 Å². The number of aromatic nitrogens is 1. The second-order valence-electron chi connectivity index (χ2n) is 9.45. The fourth-order valence-electron chi connectivity index (χ4n) is 5.33. The van der Waals surface area contributed by atoms with Gasteiger partial charge in [0.25, 0.3) is 5.91 Å². The van der Waals surface area contributed by atoms with Crippen LogP contribution in [0.25, 0.3) is 0 Å². The van der Waals surface area contributed by atoms with Gasteiger partial charge < -0.3 is 10.5 Å². The van der Waals surface area contributed by atoms with Crippen LogP contribution in [0, 0.1) is 5.82 Å². The molecule has 2 bridgehead atoms.